The number of aliphatic hydroxyl groups excluding tert-OH is 1. The van der Waals surface area contributed by atoms with Crippen molar-refractivity contribution in [3.8, 4) is 22.5 Å². The molecule has 10 nitrogen and oxygen atoms in total. The first-order chi connectivity index (χ1) is 18.2. The van der Waals surface area contributed by atoms with Gasteiger partial charge in [0.25, 0.3) is 5.91 Å². The normalized spacial score (nSPS) is 17.2. The molecule has 0 unspecified atom stereocenters. The van der Waals surface area contributed by atoms with Gasteiger partial charge in [-0.05, 0) is 56.5 Å². The van der Waals surface area contributed by atoms with Gasteiger partial charge in [0.15, 0.2) is 0 Å². The number of aliphatic hydroxyl groups is 1. The Morgan fingerprint density at radius 3 is 2.76 bits per heavy atom. The molecule has 4 heterocycles. The lowest BCUT2D eigenvalue weighted by Gasteiger charge is -2.22. The Morgan fingerprint density at radius 2 is 2.00 bits per heavy atom. The van der Waals surface area contributed by atoms with Crippen LogP contribution in [0.1, 0.15) is 48.0 Å². The molecule has 1 aliphatic rings. The molecule has 38 heavy (non-hydrogen) atoms. The van der Waals surface area contributed by atoms with Crippen LogP contribution in [0.25, 0.3) is 28.0 Å². The lowest BCUT2D eigenvalue weighted by molar-refractivity contribution is 0.102. The van der Waals surface area contributed by atoms with Crippen molar-refractivity contribution in [1.82, 2.24) is 29.5 Å². The fourth-order valence-corrected chi connectivity index (χ4v) is 4.22. The SMILES string of the molecule is Cc1ccc(-c2noc([C@H]3C[C@@H]3F)n2)cc1NC(=O)c1cnn2ccc(-c3cnn(C(C)(C)CO)c3)cc12. The molecule has 6 rings (SSSR count). The fourth-order valence-electron chi connectivity index (χ4n) is 4.22. The molecule has 1 saturated carbocycles. The van der Waals surface area contributed by atoms with Gasteiger partial charge in [-0.25, -0.2) is 8.91 Å². The highest BCUT2D eigenvalue weighted by Gasteiger charge is 2.43. The third kappa shape index (κ3) is 4.24. The number of carbonyl (C=O) groups excluding carboxylic acids is 1. The van der Waals surface area contributed by atoms with E-state index in [9.17, 15) is 14.3 Å². The number of nitrogens with zero attached hydrogens (tertiary/aromatic N) is 6. The molecular weight excluding hydrogens is 489 g/mol. The first kappa shape index (κ1) is 24.0. The van der Waals surface area contributed by atoms with E-state index in [-0.39, 0.29) is 18.4 Å². The van der Waals surface area contributed by atoms with Gasteiger partial charge in [-0.1, -0.05) is 17.3 Å². The van der Waals surface area contributed by atoms with Crippen LogP contribution in [0.5, 0.6) is 0 Å². The molecule has 2 atom stereocenters. The number of hydrogen-bond acceptors (Lipinski definition) is 7. The molecule has 1 aromatic carbocycles. The number of benzene rings is 1. The Morgan fingerprint density at radius 1 is 1.18 bits per heavy atom. The van der Waals surface area contributed by atoms with Crippen LogP contribution in [0.15, 0.2) is 59.6 Å². The number of hydrogen-bond donors (Lipinski definition) is 2. The van der Waals surface area contributed by atoms with Crippen LogP contribution >= 0.6 is 0 Å². The first-order valence-electron chi connectivity index (χ1n) is 12.3. The van der Waals surface area contributed by atoms with Gasteiger partial charge >= 0.3 is 0 Å². The molecule has 4 aromatic heterocycles. The van der Waals surface area contributed by atoms with Gasteiger partial charge in [-0.2, -0.15) is 15.2 Å². The van der Waals surface area contributed by atoms with E-state index >= 15 is 0 Å². The zero-order chi connectivity index (χ0) is 26.6. The van der Waals surface area contributed by atoms with Crippen LogP contribution < -0.4 is 5.32 Å². The van der Waals surface area contributed by atoms with E-state index in [2.05, 4.69) is 25.7 Å². The zero-order valence-corrected chi connectivity index (χ0v) is 21.1. The molecule has 11 heteroatoms. The Bertz CT molecular complexity index is 1670. The highest BCUT2D eigenvalue weighted by molar-refractivity contribution is 6.09. The third-order valence-electron chi connectivity index (χ3n) is 6.90. The van der Waals surface area contributed by atoms with E-state index in [1.807, 2.05) is 51.2 Å². The van der Waals surface area contributed by atoms with Crippen LogP contribution in [0.3, 0.4) is 0 Å². The maximum atomic E-state index is 13.4. The number of aromatic nitrogens is 6. The molecule has 1 amide bonds. The number of nitrogens with one attached hydrogen (secondary N) is 1. The average Bonchev–Trinajstić information content (AvgIpc) is 3.36. The quantitative estimate of drug-likeness (QED) is 0.330. The summed E-state index contributed by atoms with van der Waals surface area (Å²) in [6, 6.07) is 9.25. The number of anilines is 1. The van der Waals surface area contributed by atoms with E-state index in [1.165, 1.54) is 6.20 Å². The van der Waals surface area contributed by atoms with Crippen molar-refractivity contribution in [1.29, 1.82) is 0 Å². The molecular formula is C27H26FN7O3. The minimum absolute atomic E-state index is 0.0484. The monoisotopic (exact) mass is 515 g/mol. The summed E-state index contributed by atoms with van der Waals surface area (Å²) in [6.45, 7) is 5.63. The minimum Gasteiger partial charge on any atom is -0.394 e. The molecule has 1 fully saturated rings. The molecule has 0 saturated heterocycles. The van der Waals surface area contributed by atoms with Gasteiger partial charge < -0.3 is 14.9 Å². The van der Waals surface area contributed by atoms with E-state index in [0.717, 1.165) is 16.7 Å². The average molecular weight is 516 g/mol. The summed E-state index contributed by atoms with van der Waals surface area (Å²) < 4.78 is 22.0. The van der Waals surface area contributed by atoms with Gasteiger partial charge in [-0.15, -0.1) is 0 Å². The summed E-state index contributed by atoms with van der Waals surface area (Å²) in [5.74, 6) is 0.00453. The Balaban J connectivity index is 1.27. The van der Waals surface area contributed by atoms with Crippen molar-refractivity contribution in [2.75, 3.05) is 11.9 Å². The van der Waals surface area contributed by atoms with Gasteiger partial charge in [0.2, 0.25) is 11.7 Å². The number of rotatable bonds is 7. The van der Waals surface area contributed by atoms with E-state index in [1.54, 1.807) is 27.7 Å². The minimum atomic E-state index is -0.925. The molecule has 0 spiro atoms. The Kier molecular flexibility index (Phi) is 5.60. The molecule has 5 aromatic rings. The maximum Gasteiger partial charge on any atom is 0.259 e. The number of alkyl halides is 1. The summed E-state index contributed by atoms with van der Waals surface area (Å²) in [7, 11) is 0. The van der Waals surface area contributed by atoms with Gasteiger partial charge in [-0.3, -0.25) is 9.48 Å². The zero-order valence-electron chi connectivity index (χ0n) is 21.1. The largest absolute Gasteiger partial charge is 0.394 e. The van der Waals surface area contributed by atoms with E-state index in [4.69, 9.17) is 4.52 Å². The van der Waals surface area contributed by atoms with Crippen molar-refractivity contribution in [3.05, 3.63) is 72.1 Å². The highest BCUT2D eigenvalue weighted by Crippen LogP contribution is 2.43. The highest BCUT2D eigenvalue weighted by atomic mass is 19.1. The number of pyridine rings is 1. The van der Waals surface area contributed by atoms with Crippen LogP contribution in [0.4, 0.5) is 10.1 Å². The number of aryl methyl sites for hydroxylation is 1. The second kappa shape index (κ2) is 8.88. The number of amides is 1. The van der Waals surface area contributed by atoms with Crippen LogP contribution in [-0.2, 0) is 5.54 Å². The van der Waals surface area contributed by atoms with Crippen LogP contribution in [-0.4, -0.2) is 53.3 Å². The van der Waals surface area contributed by atoms with Crippen LogP contribution in [0.2, 0.25) is 0 Å². The maximum absolute atomic E-state index is 13.4. The topological polar surface area (TPSA) is 123 Å². The summed E-state index contributed by atoms with van der Waals surface area (Å²) in [5, 5.41) is 25.3. The Hall–Kier alpha value is -4.38. The fraction of sp³-hybridized carbons (Fsp3) is 0.296. The summed E-state index contributed by atoms with van der Waals surface area (Å²) in [5.41, 5.74) is 4.33. The van der Waals surface area contributed by atoms with Crippen molar-refractivity contribution < 1.29 is 18.8 Å². The molecule has 0 bridgehead atoms. The Labute approximate surface area is 217 Å². The summed E-state index contributed by atoms with van der Waals surface area (Å²) >= 11 is 0. The summed E-state index contributed by atoms with van der Waals surface area (Å²) in [6.07, 6.45) is 6.40. The van der Waals surface area contributed by atoms with Crippen molar-refractivity contribution >= 4 is 17.1 Å². The lowest BCUT2D eigenvalue weighted by atomic mass is 10.1. The molecule has 194 valence electrons. The molecule has 1 aliphatic carbocycles. The predicted molar refractivity (Wildman–Crippen MR) is 137 cm³/mol. The molecule has 2 N–H and O–H groups in total. The van der Waals surface area contributed by atoms with Crippen molar-refractivity contribution in [2.45, 2.75) is 44.8 Å². The van der Waals surface area contributed by atoms with Gasteiger partial charge in [0.05, 0.1) is 41.5 Å². The third-order valence-corrected chi connectivity index (χ3v) is 6.90. The van der Waals surface area contributed by atoms with E-state index in [0.29, 0.717) is 40.5 Å². The lowest BCUT2D eigenvalue weighted by Crippen LogP contribution is -2.30. The van der Waals surface area contributed by atoms with Crippen LogP contribution in [0, 0.1) is 6.92 Å². The van der Waals surface area contributed by atoms with Gasteiger partial charge in [0, 0.05) is 29.2 Å². The number of halogens is 1. The summed E-state index contributed by atoms with van der Waals surface area (Å²) in [4.78, 5) is 17.7. The number of carbonyl (C=O) groups is 1. The van der Waals surface area contributed by atoms with E-state index < -0.39 is 11.7 Å². The molecule has 0 radical (unpaired) electrons. The standard InChI is InChI=1S/C27H26FN7O3/c1-15-4-5-17(24-32-26(38-33-24)19-10-21(19)28)8-22(15)31-25(37)20-12-29-34-7-6-16(9-23(20)34)18-11-30-35(13-18)27(2,3)14-36/h4-9,11-13,19,21,36H,10,14H2,1-3H3,(H,31,37)/t19-,21-/m0/s1. The number of fused-ring (bicyclic) bond motifs is 1. The molecule has 0 aliphatic heterocycles. The van der Waals surface area contributed by atoms with Gasteiger partial charge in [0.1, 0.15) is 6.17 Å². The van der Waals surface area contributed by atoms with Crippen molar-refractivity contribution in [3.63, 3.8) is 0 Å². The van der Waals surface area contributed by atoms with Crippen molar-refractivity contribution in [2.24, 2.45) is 0 Å². The smallest absolute Gasteiger partial charge is 0.259 e. The first-order valence-corrected chi connectivity index (χ1v) is 12.3. The second-order valence-corrected chi connectivity index (χ2v) is 10.2. The second-order valence-electron chi connectivity index (χ2n) is 10.2. The predicted octanol–water partition coefficient (Wildman–Crippen LogP) is 4.36.